The van der Waals surface area contributed by atoms with Crippen molar-refractivity contribution in [1.82, 2.24) is 10.2 Å². The standard InChI is InChI=1S/C32H37ClFN3O5S/c1-42-30-18-17-26(20-27(30)33)37(43(2,40)41)22-31(38)36(21-24-13-9-10-16-28(24)34)29(19-23-11-5-3-6-12-23)32(39)35-25-14-7-4-8-15-25/h3,5-6,9-13,16-18,20,25,29H,4,7-8,14-15,19,21-22H2,1-2H3,(H,35,39)/t29-/m0/s1. The van der Waals surface area contributed by atoms with Crippen LogP contribution in [-0.2, 0) is 32.6 Å². The van der Waals surface area contributed by atoms with Gasteiger partial charge < -0.3 is 15.0 Å². The lowest BCUT2D eigenvalue weighted by Crippen LogP contribution is -2.55. The SMILES string of the molecule is COc1ccc(N(CC(=O)N(Cc2ccccc2F)[C@@H](Cc2ccccc2)C(=O)NC2CCCCC2)S(C)(=O)=O)cc1Cl. The van der Waals surface area contributed by atoms with Gasteiger partial charge in [0, 0.05) is 24.6 Å². The molecule has 4 rings (SSSR count). The van der Waals surface area contributed by atoms with Gasteiger partial charge in [0.1, 0.15) is 24.2 Å². The van der Waals surface area contributed by atoms with Crippen LogP contribution in [0.4, 0.5) is 10.1 Å². The van der Waals surface area contributed by atoms with Crippen LogP contribution in [0.15, 0.2) is 72.8 Å². The zero-order chi connectivity index (χ0) is 31.0. The first-order valence-electron chi connectivity index (χ1n) is 14.2. The number of rotatable bonds is 12. The Morgan fingerprint density at radius 2 is 1.70 bits per heavy atom. The molecule has 2 amide bonds. The van der Waals surface area contributed by atoms with Gasteiger partial charge in [0.05, 0.1) is 24.1 Å². The lowest BCUT2D eigenvalue weighted by Gasteiger charge is -2.35. The largest absolute Gasteiger partial charge is 0.495 e. The molecule has 0 heterocycles. The first kappa shape index (κ1) is 32.3. The van der Waals surface area contributed by atoms with Crippen molar-refractivity contribution in [3.05, 3.63) is 94.8 Å². The number of nitrogens with one attached hydrogen (secondary N) is 1. The summed E-state index contributed by atoms with van der Waals surface area (Å²) in [6.07, 6.45) is 5.92. The number of benzene rings is 3. The van der Waals surface area contributed by atoms with Gasteiger partial charge in [-0.25, -0.2) is 12.8 Å². The van der Waals surface area contributed by atoms with Gasteiger partial charge in [-0.3, -0.25) is 13.9 Å². The molecule has 1 aliphatic rings. The second-order valence-electron chi connectivity index (χ2n) is 10.8. The number of amides is 2. The lowest BCUT2D eigenvalue weighted by molar-refractivity contribution is -0.140. The van der Waals surface area contributed by atoms with E-state index >= 15 is 0 Å². The monoisotopic (exact) mass is 629 g/mol. The molecule has 0 aliphatic heterocycles. The minimum absolute atomic E-state index is 0.0288. The zero-order valence-corrected chi connectivity index (χ0v) is 25.9. The molecule has 0 saturated heterocycles. The summed E-state index contributed by atoms with van der Waals surface area (Å²) in [7, 11) is -2.54. The van der Waals surface area contributed by atoms with Crippen LogP contribution < -0.4 is 14.4 Å². The Morgan fingerprint density at radius 3 is 2.33 bits per heavy atom. The predicted octanol–water partition coefficient (Wildman–Crippen LogP) is 5.34. The fourth-order valence-corrected chi connectivity index (χ4v) is 6.43. The number of ether oxygens (including phenoxy) is 1. The van der Waals surface area contributed by atoms with Crippen LogP contribution in [0.1, 0.15) is 43.2 Å². The second kappa shape index (κ2) is 14.7. The van der Waals surface area contributed by atoms with Gasteiger partial charge in [0.25, 0.3) is 0 Å². The van der Waals surface area contributed by atoms with Crippen molar-refractivity contribution in [3.63, 3.8) is 0 Å². The van der Waals surface area contributed by atoms with E-state index in [9.17, 15) is 22.4 Å². The fourth-order valence-electron chi connectivity index (χ4n) is 5.33. The third-order valence-electron chi connectivity index (χ3n) is 7.62. The number of hydrogen-bond acceptors (Lipinski definition) is 5. The quantitative estimate of drug-likeness (QED) is 0.292. The molecule has 1 saturated carbocycles. The highest BCUT2D eigenvalue weighted by Gasteiger charge is 2.34. The number of carbonyl (C=O) groups excluding carboxylic acids is 2. The highest BCUT2D eigenvalue weighted by atomic mass is 35.5. The molecule has 1 atom stereocenters. The average molecular weight is 630 g/mol. The number of methoxy groups -OCH3 is 1. The molecule has 0 bridgehead atoms. The van der Waals surface area contributed by atoms with Crippen molar-refractivity contribution in [2.24, 2.45) is 0 Å². The first-order chi connectivity index (χ1) is 20.6. The van der Waals surface area contributed by atoms with E-state index in [2.05, 4.69) is 5.32 Å². The Hall–Kier alpha value is -3.63. The number of anilines is 1. The number of sulfonamides is 1. The molecule has 3 aromatic carbocycles. The van der Waals surface area contributed by atoms with Crippen molar-refractivity contribution in [3.8, 4) is 5.75 Å². The number of hydrogen-bond donors (Lipinski definition) is 1. The summed E-state index contributed by atoms with van der Waals surface area (Å²) in [6.45, 7) is -0.861. The van der Waals surface area contributed by atoms with Crippen molar-refractivity contribution in [1.29, 1.82) is 0 Å². The Kier molecular flexibility index (Phi) is 11.0. The third-order valence-corrected chi connectivity index (χ3v) is 9.06. The summed E-state index contributed by atoms with van der Waals surface area (Å²) in [6, 6.07) is 18.6. The molecule has 0 unspecified atom stereocenters. The lowest BCUT2D eigenvalue weighted by atomic mass is 9.94. The summed E-state index contributed by atoms with van der Waals surface area (Å²) < 4.78 is 47.0. The highest BCUT2D eigenvalue weighted by molar-refractivity contribution is 7.92. The van der Waals surface area contributed by atoms with Crippen LogP contribution in [0, 0.1) is 5.82 Å². The fraction of sp³-hybridized carbons (Fsp3) is 0.375. The topological polar surface area (TPSA) is 96.0 Å². The van der Waals surface area contributed by atoms with Crippen LogP contribution in [0.2, 0.25) is 5.02 Å². The van der Waals surface area contributed by atoms with Gasteiger partial charge in [0.2, 0.25) is 21.8 Å². The summed E-state index contributed by atoms with van der Waals surface area (Å²) in [5, 5.41) is 3.29. The normalized spacial score (nSPS) is 14.5. The van der Waals surface area contributed by atoms with Crippen LogP contribution in [0.3, 0.4) is 0 Å². The Balaban J connectivity index is 1.74. The predicted molar refractivity (Wildman–Crippen MR) is 166 cm³/mol. The second-order valence-corrected chi connectivity index (χ2v) is 13.1. The van der Waals surface area contributed by atoms with Crippen molar-refractivity contribution < 1.29 is 27.1 Å². The molecule has 0 radical (unpaired) electrons. The van der Waals surface area contributed by atoms with E-state index in [0.717, 1.165) is 48.2 Å². The summed E-state index contributed by atoms with van der Waals surface area (Å²) in [5.41, 5.74) is 1.16. The van der Waals surface area contributed by atoms with Crippen molar-refractivity contribution >= 4 is 39.1 Å². The number of nitrogens with zero attached hydrogens (tertiary/aromatic N) is 2. The van der Waals surface area contributed by atoms with Crippen LogP contribution in [-0.4, -0.2) is 57.1 Å². The maximum Gasteiger partial charge on any atom is 0.244 e. The summed E-state index contributed by atoms with van der Waals surface area (Å²) in [5.74, 6) is -1.22. The van der Waals surface area contributed by atoms with Gasteiger partial charge in [-0.15, -0.1) is 0 Å². The molecular weight excluding hydrogens is 593 g/mol. The molecule has 8 nitrogen and oxygen atoms in total. The average Bonchev–Trinajstić information content (AvgIpc) is 2.99. The molecule has 230 valence electrons. The van der Waals surface area contributed by atoms with E-state index in [1.54, 1.807) is 18.2 Å². The first-order valence-corrected chi connectivity index (χ1v) is 16.5. The van der Waals surface area contributed by atoms with Gasteiger partial charge in [-0.05, 0) is 42.7 Å². The van der Waals surface area contributed by atoms with Gasteiger partial charge in [-0.1, -0.05) is 79.4 Å². The van der Waals surface area contributed by atoms with Crippen LogP contribution in [0.5, 0.6) is 5.75 Å². The Bertz CT molecular complexity index is 1520. The molecule has 3 aromatic rings. The van der Waals surface area contributed by atoms with Crippen molar-refractivity contribution in [2.75, 3.05) is 24.2 Å². The molecule has 0 spiro atoms. The van der Waals surface area contributed by atoms with Crippen LogP contribution >= 0.6 is 11.6 Å². The van der Waals surface area contributed by atoms with Gasteiger partial charge in [0.15, 0.2) is 0 Å². The molecule has 1 N–H and O–H groups in total. The Morgan fingerprint density at radius 1 is 1.02 bits per heavy atom. The molecule has 0 aromatic heterocycles. The molecule has 1 aliphatic carbocycles. The highest BCUT2D eigenvalue weighted by Crippen LogP contribution is 2.30. The molecular formula is C32H37ClFN3O5S. The zero-order valence-electron chi connectivity index (χ0n) is 24.3. The number of carbonyl (C=O) groups is 2. The van der Waals surface area contributed by atoms with Crippen molar-refractivity contribution in [2.45, 2.75) is 57.2 Å². The van der Waals surface area contributed by atoms with E-state index in [0.29, 0.717) is 5.75 Å². The van der Waals surface area contributed by atoms with E-state index < -0.39 is 34.3 Å². The minimum Gasteiger partial charge on any atom is -0.495 e. The molecule has 1 fully saturated rings. The summed E-state index contributed by atoms with van der Waals surface area (Å²) >= 11 is 6.29. The smallest absolute Gasteiger partial charge is 0.244 e. The van der Waals surface area contributed by atoms with E-state index in [1.165, 1.54) is 36.3 Å². The van der Waals surface area contributed by atoms with Gasteiger partial charge in [-0.2, -0.15) is 0 Å². The molecule has 11 heteroatoms. The summed E-state index contributed by atoms with van der Waals surface area (Å²) in [4.78, 5) is 29.4. The van der Waals surface area contributed by atoms with E-state index in [4.69, 9.17) is 16.3 Å². The maximum absolute atomic E-state index is 14.9. The maximum atomic E-state index is 14.9. The number of halogens is 2. The third kappa shape index (κ3) is 8.70. The van der Waals surface area contributed by atoms with E-state index in [-0.39, 0.29) is 41.2 Å². The van der Waals surface area contributed by atoms with Gasteiger partial charge >= 0.3 is 0 Å². The Labute approximate surface area is 257 Å². The van der Waals surface area contributed by atoms with E-state index in [1.807, 2.05) is 30.3 Å². The minimum atomic E-state index is -3.98. The van der Waals surface area contributed by atoms with Crippen LogP contribution in [0.25, 0.3) is 0 Å². The molecule has 43 heavy (non-hydrogen) atoms.